The molecule has 0 spiro atoms. The standard InChI is InChI=1S/C16H26N2/c1-4-17(5-2)12-14-7-8-16-13-18(6-3)10-9-15(16)11-14/h7-8,11H,4-6,9-10,12-13H2,1-3H3. The predicted octanol–water partition coefficient (Wildman–Crippen LogP) is 2.91. The molecule has 0 saturated carbocycles. The first kappa shape index (κ1) is 13.6. The van der Waals surface area contributed by atoms with E-state index in [1.54, 1.807) is 5.56 Å². The van der Waals surface area contributed by atoms with Gasteiger partial charge in [0, 0.05) is 19.6 Å². The molecule has 0 aliphatic carbocycles. The van der Waals surface area contributed by atoms with Crippen LogP contribution in [0.5, 0.6) is 0 Å². The summed E-state index contributed by atoms with van der Waals surface area (Å²) in [6.45, 7) is 13.6. The molecule has 0 atom stereocenters. The van der Waals surface area contributed by atoms with Gasteiger partial charge >= 0.3 is 0 Å². The Kier molecular flexibility index (Phi) is 4.79. The quantitative estimate of drug-likeness (QED) is 0.788. The summed E-state index contributed by atoms with van der Waals surface area (Å²) in [5, 5.41) is 0. The zero-order chi connectivity index (χ0) is 13.0. The van der Waals surface area contributed by atoms with Crippen LogP contribution in [0.15, 0.2) is 18.2 Å². The normalized spacial score (nSPS) is 16.0. The molecule has 1 aromatic rings. The lowest BCUT2D eigenvalue weighted by molar-refractivity contribution is 0.267. The summed E-state index contributed by atoms with van der Waals surface area (Å²) < 4.78 is 0. The van der Waals surface area contributed by atoms with E-state index in [1.807, 2.05) is 0 Å². The molecule has 18 heavy (non-hydrogen) atoms. The van der Waals surface area contributed by atoms with Crippen molar-refractivity contribution >= 4 is 0 Å². The van der Waals surface area contributed by atoms with Gasteiger partial charge in [0.05, 0.1) is 0 Å². The zero-order valence-electron chi connectivity index (χ0n) is 12.1. The number of nitrogens with zero attached hydrogens (tertiary/aromatic N) is 2. The van der Waals surface area contributed by atoms with Gasteiger partial charge in [-0.05, 0) is 42.7 Å². The SMILES string of the molecule is CCN(CC)Cc1ccc2c(c1)CCN(CC)C2. The highest BCUT2D eigenvalue weighted by Gasteiger charge is 2.15. The third-order valence-corrected chi connectivity index (χ3v) is 4.11. The van der Waals surface area contributed by atoms with Gasteiger partial charge in [0.1, 0.15) is 0 Å². The summed E-state index contributed by atoms with van der Waals surface area (Å²) >= 11 is 0. The minimum Gasteiger partial charge on any atom is -0.300 e. The van der Waals surface area contributed by atoms with Gasteiger partial charge in [-0.1, -0.05) is 39.0 Å². The molecule has 2 heteroatoms. The molecule has 2 rings (SSSR count). The molecule has 1 heterocycles. The minimum atomic E-state index is 1.10. The summed E-state index contributed by atoms with van der Waals surface area (Å²) in [4.78, 5) is 5.00. The maximum Gasteiger partial charge on any atom is 0.0236 e. The van der Waals surface area contributed by atoms with E-state index in [0.717, 1.165) is 26.2 Å². The van der Waals surface area contributed by atoms with Crippen molar-refractivity contribution in [1.82, 2.24) is 9.80 Å². The van der Waals surface area contributed by atoms with Gasteiger partial charge in [-0.3, -0.25) is 9.80 Å². The van der Waals surface area contributed by atoms with E-state index >= 15 is 0 Å². The van der Waals surface area contributed by atoms with Crippen molar-refractivity contribution in [3.63, 3.8) is 0 Å². The third kappa shape index (κ3) is 3.12. The van der Waals surface area contributed by atoms with Crippen LogP contribution in [-0.2, 0) is 19.5 Å². The van der Waals surface area contributed by atoms with Crippen LogP contribution in [0.1, 0.15) is 37.5 Å². The van der Waals surface area contributed by atoms with E-state index in [2.05, 4.69) is 48.8 Å². The highest BCUT2D eigenvalue weighted by atomic mass is 15.1. The van der Waals surface area contributed by atoms with Crippen molar-refractivity contribution in [3.05, 3.63) is 34.9 Å². The number of hydrogen-bond acceptors (Lipinski definition) is 2. The van der Waals surface area contributed by atoms with Crippen LogP contribution in [0.4, 0.5) is 0 Å². The van der Waals surface area contributed by atoms with Crippen LogP contribution in [0, 0.1) is 0 Å². The Labute approximate surface area is 112 Å². The summed E-state index contributed by atoms with van der Waals surface area (Å²) in [6.07, 6.45) is 1.22. The average molecular weight is 246 g/mol. The molecule has 0 N–H and O–H groups in total. The van der Waals surface area contributed by atoms with Crippen LogP contribution in [0.3, 0.4) is 0 Å². The Morgan fingerprint density at radius 2 is 1.89 bits per heavy atom. The monoisotopic (exact) mass is 246 g/mol. The lowest BCUT2D eigenvalue weighted by atomic mass is 9.97. The molecule has 2 nitrogen and oxygen atoms in total. The average Bonchev–Trinajstić information content (AvgIpc) is 2.44. The smallest absolute Gasteiger partial charge is 0.0236 e. The first-order valence-electron chi connectivity index (χ1n) is 7.32. The first-order chi connectivity index (χ1) is 8.76. The van der Waals surface area contributed by atoms with Crippen LogP contribution in [-0.4, -0.2) is 36.0 Å². The van der Waals surface area contributed by atoms with E-state index in [9.17, 15) is 0 Å². The Hall–Kier alpha value is -0.860. The molecule has 0 aromatic heterocycles. The molecule has 1 aliphatic rings. The molecule has 0 fully saturated rings. The Morgan fingerprint density at radius 3 is 2.56 bits per heavy atom. The van der Waals surface area contributed by atoms with Crippen molar-refractivity contribution in [2.24, 2.45) is 0 Å². The number of benzene rings is 1. The number of hydrogen-bond donors (Lipinski definition) is 0. The lowest BCUT2D eigenvalue weighted by Gasteiger charge is -2.28. The zero-order valence-corrected chi connectivity index (χ0v) is 12.1. The van der Waals surface area contributed by atoms with Crippen molar-refractivity contribution in [1.29, 1.82) is 0 Å². The number of rotatable bonds is 5. The Balaban J connectivity index is 2.08. The van der Waals surface area contributed by atoms with Gasteiger partial charge < -0.3 is 0 Å². The van der Waals surface area contributed by atoms with Crippen molar-refractivity contribution in [2.75, 3.05) is 26.2 Å². The third-order valence-electron chi connectivity index (χ3n) is 4.11. The fourth-order valence-corrected chi connectivity index (χ4v) is 2.74. The van der Waals surface area contributed by atoms with Gasteiger partial charge in [-0.25, -0.2) is 0 Å². The highest BCUT2D eigenvalue weighted by molar-refractivity contribution is 5.33. The predicted molar refractivity (Wildman–Crippen MR) is 77.7 cm³/mol. The molecule has 1 aliphatic heterocycles. The van der Waals surface area contributed by atoms with Crippen LogP contribution in [0.25, 0.3) is 0 Å². The van der Waals surface area contributed by atoms with Gasteiger partial charge in [-0.15, -0.1) is 0 Å². The molecule has 0 amide bonds. The topological polar surface area (TPSA) is 6.48 Å². The van der Waals surface area contributed by atoms with Crippen molar-refractivity contribution in [3.8, 4) is 0 Å². The summed E-state index contributed by atoms with van der Waals surface area (Å²) in [7, 11) is 0. The van der Waals surface area contributed by atoms with Crippen LogP contribution in [0.2, 0.25) is 0 Å². The molecule has 0 radical (unpaired) electrons. The fourth-order valence-electron chi connectivity index (χ4n) is 2.74. The minimum absolute atomic E-state index is 1.10. The fraction of sp³-hybridized carbons (Fsp3) is 0.625. The maximum absolute atomic E-state index is 2.52. The second-order valence-electron chi connectivity index (χ2n) is 5.18. The lowest BCUT2D eigenvalue weighted by Crippen LogP contribution is -2.30. The second-order valence-corrected chi connectivity index (χ2v) is 5.18. The first-order valence-corrected chi connectivity index (χ1v) is 7.32. The maximum atomic E-state index is 2.52. The van der Waals surface area contributed by atoms with Crippen molar-refractivity contribution < 1.29 is 0 Å². The van der Waals surface area contributed by atoms with Gasteiger partial charge in [0.25, 0.3) is 0 Å². The van der Waals surface area contributed by atoms with Crippen LogP contribution < -0.4 is 0 Å². The highest BCUT2D eigenvalue weighted by Crippen LogP contribution is 2.20. The molecular weight excluding hydrogens is 220 g/mol. The molecular formula is C16H26N2. The van der Waals surface area contributed by atoms with E-state index < -0.39 is 0 Å². The molecule has 0 unspecified atom stereocenters. The number of likely N-dealkylation sites (N-methyl/N-ethyl adjacent to an activating group) is 1. The van der Waals surface area contributed by atoms with E-state index in [4.69, 9.17) is 0 Å². The summed E-state index contributed by atoms with van der Waals surface area (Å²) in [5.74, 6) is 0. The van der Waals surface area contributed by atoms with E-state index in [-0.39, 0.29) is 0 Å². The molecule has 0 bridgehead atoms. The van der Waals surface area contributed by atoms with Crippen molar-refractivity contribution in [2.45, 2.75) is 40.3 Å². The molecule has 1 aromatic carbocycles. The number of fused-ring (bicyclic) bond motifs is 1. The second kappa shape index (κ2) is 6.35. The molecule has 0 saturated heterocycles. The van der Waals surface area contributed by atoms with Gasteiger partial charge in [-0.2, -0.15) is 0 Å². The summed E-state index contributed by atoms with van der Waals surface area (Å²) in [6, 6.07) is 7.09. The molecule has 100 valence electrons. The van der Waals surface area contributed by atoms with E-state index in [0.29, 0.717) is 0 Å². The largest absolute Gasteiger partial charge is 0.300 e. The Bertz CT molecular complexity index is 383. The van der Waals surface area contributed by atoms with Crippen LogP contribution >= 0.6 is 0 Å². The van der Waals surface area contributed by atoms with E-state index in [1.165, 1.54) is 30.6 Å². The Morgan fingerprint density at radius 1 is 1.11 bits per heavy atom. The van der Waals surface area contributed by atoms with Gasteiger partial charge in [0.2, 0.25) is 0 Å². The van der Waals surface area contributed by atoms with Gasteiger partial charge in [0.15, 0.2) is 0 Å². The summed E-state index contributed by atoms with van der Waals surface area (Å²) in [5.41, 5.74) is 4.58.